The highest BCUT2D eigenvalue weighted by molar-refractivity contribution is 6.04. The third kappa shape index (κ3) is 3.06. The molecule has 2 atom stereocenters. The van der Waals surface area contributed by atoms with Crippen LogP contribution in [-0.4, -0.2) is 33.4 Å². The number of aliphatic hydroxyl groups excluding tert-OH is 1. The lowest BCUT2D eigenvalue weighted by molar-refractivity contribution is 0.0911. The van der Waals surface area contributed by atoms with Crippen molar-refractivity contribution in [3.05, 3.63) is 40.3 Å². The molecule has 1 saturated carbocycles. The lowest BCUT2D eigenvalue weighted by Crippen LogP contribution is -2.35. The average molecular weight is 329 g/mol. The number of aliphatic hydroxyl groups is 1. The first-order chi connectivity index (χ1) is 11.5. The number of carbonyl (C=O) groups is 1. The summed E-state index contributed by atoms with van der Waals surface area (Å²) in [4.78, 5) is 25.1. The van der Waals surface area contributed by atoms with E-state index in [1.54, 1.807) is 24.3 Å². The van der Waals surface area contributed by atoms with Crippen molar-refractivity contribution < 1.29 is 9.90 Å². The molecule has 0 bridgehead atoms. The Morgan fingerprint density at radius 3 is 2.67 bits per heavy atom. The number of nitrogens with one attached hydrogen (secondary N) is 1. The van der Waals surface area contributed by atoms with E-state index in [4.69, 9.17) is 0 Å². The Kier molecular flexibility index (Phi) is 4.66. The minimum absolute atomic E-state index is 0.0937. The van der Waals surface area contributed by atoms with E-state index in [1.165, 1.54) is 4.68 Å². The van der Waals surface area contributed by atoms with E-state index in [-0.39, 0.29) is 35.2 Å². The Morgan fingerprint density at radius 2 is 2.04 bits per heavy atom. The van der Waals surface area contributed by atoms with Gasteiger partial charge in [0.25, 0.3) is 11.5 Å². The summed E-state index contributed by atoms with van der Waals surface area (Å²) in [5, 5.41) is 18.1. The van der Waals surface area contributed by atoms with Gasteiger partial charge in [-0.2, -0.15) is 5.10 Å². The zero-order valence-electron chi connectivity index (χ0n) is 14.0. The predicted molar refractivity (Wildman–Crippen MR) is 92.1 cm³/mol. The second-order valence-corrected chi connectivity index (χ2v) is 6.71. The highest BCUT2D eigenvalue weighted by Gasteiger charge is 2.26. The minimum atomic E-state index is -0.348. The van der Waals surface area contributed by atoms with Gasteiger partial charge in [0, 0.05) is 17.8 Å². The zero-order valence-corrected chi connectivity index (χ0v) is 14.0. The summed E-state index contributed by atoms with van der Waals surface area (Å²) in [7, 11) is 0. The van der Waals surface area contributed by atoms with Crippen LogP contribution in [0.15, 0.2) is 29.1 Å². The molecule has 6 nitrogen and oxygen atoms in total. The molecule has 1 aliphatic carbocycles. The molecular weight excluding hydrogens is 306 g/mol. The van der Waals surface area contributed by atoms with Crippen LogP contribution >= 0.6 is 0 Å². The molecule has 3 rings (SSSR count). The Balaban J connectivity index is 1.94. The van der Waals surface area contributed by atoms with E-state index in [0.717, 1.165) is 19.3 Å². The van der Waals surface area contributed by atoms with Crippen molar-refractivity contribution in [2.45, 2.75) is 45.3 Å². The summed E-state index contributed by atoms with van der Waals surface area (Å²) in [6.45, 7) is 4.15. The maximum Gasteiger partial charge on any atom is 0.274 e. The van der Waals surface area contributed by atoms with E-state index in [9.17, 15) is 14.7 Å². The number of hydrogen-bond donors (Lipinski definition) is 2. The quantitative estimate of drug-likeness (QED) is 0.897. The number of hydrogen-bond acceptors (Lipinski definition) is 4. The fourth-order valence-corrected chi connectivity index (χ4v) is 3.29. The van der Waals surface area contributed by atoms with Crippen molar-refractivity contribution in [3.8, 4) is 0 Å². The van der Waals surface area contributed by atoms with Crippen molar-refractivity contribution >= 4 is 16.7 Å². The van der Waals surface area contributed by atoms with Gasteiger partial charge in [-0.1, -0.05) is 24.6 Å². The van der Waals surface area contributed by atoms with Gasteiger partial charge < -0.3 is 10.4 Å². The molecule has 1 aromatic heterocycles. The van der Waals surface area contributed by atoms with E-state index < -0.39 is 0 Å². The highest BCUT2D eigenvalue weighted by Crippen LogP contribution is 2.24. The average Bonchev–Trinajstić information content (AvgIpc) is 2.98. The number of benzene rings is 1. The molecule has 1 amide bonds. The molecule has 0 radical (unpaired) electrons. The van der Waals surface area contributed by atoms with Crippen LogP contribution in [0.25, 0.3) is 10.8 Å². The monoisotopic (exact) mass is 329 g/mol. The molecule has 2 aromatic rings. The van der Waals surface area contributed by atoms with Gasteiger partial charge in [0.1, 0.15) is 0 Å². The van der Waals surface area contributed by atoms with Crippen molar-refractivity contribution in [2.75, 3.05) is 6.54 Å². The molecule has 0 spiro atoms. The molecule has 128 valence electrons. The lowest BCUT2D eigenvalue weighted by Gasteiger charge is -2.16. The van der Waals surface area contributed by atoms with Crippen molar-refractivity contribution in [1.29, 1.82) is 0 Å². The summed E-state index contributed by atoms with van der Waals surface area (Å²) in [6.07, 6.45) is 2.35. The van der Waals surface area contributed by atoms with Crippen LogP contribution in [0.2, 0.25) is 0 Å². The van der Waals surface area contributed by atoms with Crippen LogP contribution in [-0.2, 0) is 0 Å². The molecule has 0 saturated heterocycles. The van der Waals surface area contributed by atoms with Gasteiger partial charge in [0.05, 0.1) is 17.5 Å². The number of aromatic nitrogens is 2. The minimum Gasteiger partial charge on any atom is -0.393 e. The summed E-state index contributed by atoms with van der Waals surface area (Å²) in [5.74, 6) is -0.212. The van der Waals surface area contributed by atoms with E-state index in [2.05, 4.69) is 10.4 Å². The van der Waals surface area contributed by atoms with Gasteiger partial charge in [-0.05, 0) is 32.8 Å². The number of amides is 1. The largest absolute Gasteiger partial charge is 0.393 e. The first kappa shape index (κ1) is 16.6. The Bertz CT molecular complexity index is 813. The number of rotatable bonds is 4. The van der Waals surface area contributed by atoms with Crippen LogP contribution in [0.1, 0.15) is 49.6 Å². The number of fused-ring (bicyclic) bond motifs is 1. The Hall–Kier alpha value is -2.21. The van der Waals surface area contributed by atoms with Crippen molar-refractivity contribution in [3.63, 3.8) is 0 Å². The van der Waals surface area contributed by atoms with E-state index in [0.29, 0.717) is 17.3 Å². The standard InChI is InChI=1S/C18H23N3O3/c1-11(2)21-18(24)14-8-4-3-7-13(14)16(20-21)17(23)19-10-12-6-5-9-15(12)22/h3-4,7-8,11-12,15,22H,5-6,9-10H2,1-2H3,(H,19,23). The number of nitrogens with zero attached hydrogens (tertiary/aromatic N) is 2. The molecule has 0 aliphatic heterocycles. The molecule has 2 N–H and O–H groups in total. The summed E-state index contributed by atoms with van der Waals surface area (Å²) in [5.41, 5.74) is 0.0646. The van der Waals surface area contributed by atoms with Gasteiger partial charge in [-0.15, -0.1) is 0 Å². The van der Waals surface area contributed by atoms with Crippen LogP contribution in [0.5, 0.6) is 0 Å². The molecule has 1 aliphatic rings. The first-order valence-electron chi connectivity index (χ1n) is 8.47. The Labute approximate surface area is 140 Å². The molecular formula is C18H23N3O3. The van der Waals surface area contributed by atoms with Crippen molar-refractivity contribution in [2.24, 2.45) is 5.92 Å². The summed E-state index contributed by atoms with van der Waals surface area (Å²) >= 11 is 0. The zero-order chi connectivity index (χ0) is 17.3. The smallest absolute Gasteiger partial charge is 0.274 e. The molecule has 2 unspecified atom stereocenters. The first-order valence-corrected chi connectivity index (χ1v) is 8.47. The van der Waals surface area contributed by atoms with E-state index in [1.807, 2.05) is 13.8 Å². The highest BCUT2D eigenvalue weighted by atomic mass is 16.3. The molecule has 1 aromatic carbocycles. The molecule has 24 heavy (non-hydrogen) atoms. The fourth-order valence-electron chi connectivity index (χ4n) is 3.29. The normalized spacial score (nSPS) is 20.7. The maximum atomic E-state index is 12.6. The third-order valence-corrected chi connectivity index (χ3v) is 4.68. The number of carbonyl (C=O) groups excluding carboxylic acids is 1. The van der Waals surface area contributed by atoms with Gasteiger partial charge in [-0.3, -0.25) is 9.59 Å². The maximum absolute atomic E-state index is 12.6. The van der Waals surface area contributed by atoms with E-state index >= 15 is 0 Å². The SMILES string of the molecule is CC(C)n1nc(C(=O)NCC2CCCC2O)c2ccccc2c1=O. The van der Waals surface area contributed by atoms with Gasteiger partial charge >= 0.3 is 0 Å². The molecule has 1 fully saturated rings. The van der Waals surface area contributed by atoms with Crippen LogP contribution in [0, 0.1) is 5.92 Å². The van der Waals surface area contributed by atoms with Crippen molar-refractivity contribution in [1.82, 2.24) is 15.1 Å². The van der Waals surface area contributed by atoms with Crippen LogP contribution in [0.3, 0.4) is 0 Å². The third-order valence-electron chi connectivity index (χ3n) is 4.68. The van der Waals surface area contributed by atoms with Gasteiger partial charge in [0.15, 0.2) is 5.69 Å². The topological polar surface area (TPSA) is 84.2 Å². The summed E-state index contributed by atoms with van der Waals surface area (Å²) < 4.78 is 1.35. The van der Waals surface area contributed by atoms with Crippen LogP contribution < -0.4 is 10.9 Å². The van der Waals surface area contributed by atoms with Crippen LogP contribution in [0.4, 0.5) is 0 Å². The second-order valence-electron chi connectivity index (χ2n) is 6.71. The van der Waals surface area contributed by atoms with Gasteiger partial charge in [0.2, 0.25) is 0 Å². The second kappa shape index (κ2) is 6.73. The fraction of sp³-hybridized carbons (Fsp3) is 0.500. The Morgan fingerprint density at radius 1 is 1.33 bits per heavy atom. The van der Waals surface area contributed by atoms with Gasteiger partial charge in [-0.25, -0.2) is 4.68 Å². The summed E-state index contributed by atoms with van der Waals surface area (Å²) in [6, 6.07) is 6.90. The molecule has 1 heterocycles. The molecule has 6 heteroatoms. The lowest BCUT2D eigenvalue weighted by atomic mass is 10.1. The predicted octanol–water partition coefficient (Wildman–Crippen LogP) is 1.87.